The zero-order valence-electron chi connectivity index (χ0n) is 18.7. The van der Waals surface area contributed by atoms with Crippen molar-refractivity contribution in [3.63, 3.8) is 0 Å². The average molecular weight is 482 g/mol. The maximum Gasteiger partial charge on any atom is 0.328 e. The third kappa shape index (κ3) is 5.54. The van der Waals surface area contributed by atoms with Crippen LogP contribution in [0.2, 0.25) is 5.02 Å². The van der Waals surface area contributed by atoms with Gasteiger partial charge in [0, 0.05) is 17.0 Å². The first kappa shape index (κ1) is 23.7. The first-order chi connectivity index (χ1) is 16.4. The van der Waals surface area contributed by atoms with Crippen LogP contribution in [-0.4, -0.2) is 35.2 Å². The monoisotopic (exact) mass is 481 g/mol. The van der Waals surface area contributed by atoms with Gasteiger partial charge in [-0.25, -0.2) is 9.18 Å². The lowest BCUT2D eigenvalue weighted by Gasteiger charge is -2.16. The van der Waals surface area contributed by atoms with E-state index in [1.807, 2.05) is 30.3 Å². The maximum atomic E-state index is 13.2. The molecule has 1 amide bonds. The number of aromatic amines is 1. The molecule has 8 heteroatoms. The van der Waals surface area contributed by atoms with Crippen molar-refractivity contribution in [1.82, 2.24) is 15.5 Å². The molecular formula is C26H25ClFN3O3. The van der Waals surface area contributed by atoms with E-state index in [-0.39, 0.29) is 12.2 Å². The van der Waals surface area contributed by atoms with Crippen molar-refractivity contribution in [2.45, 2.75) is 38.1 Å². The van der Waals surface area contributed by atoms with Crippen molar-refractivity contribution >= 4 is 35.1 Å². The van der Waals surface area contributed by atoms with Crippen LogP contribution in [0.15, 0.2) is 48.5 Å². The number of nitrogens with zero attached hydrogens (tertiary/aromatic N) is 1. The van der Waals surface area contributed by atoms with Crippen LogP contribution in [0.4, 0.5) is 4.39 Å². The third-order valence-electron chi connectivity index (χ3n) is 5.85. The van der Waals surface area contributed by atoms with E-state index in [1.54, 1.807) is 12.1 Å². The number of fused-ring (bicyclic) bond motifs is 1. The van der Waals surface area contributed by atoms with Crippen molar-refractivity contribution in [1.29, 1.82) is 0 Å². The number of rotatable bonds is 6. The van der Waals surface area contributed by atoms with E-state index in [0.717, 1.165) is 41.7 Å². The molecule has 1 aromatic heterocycles. The lowest BCUT2D eigenvalue weighted by atomic mass is 10.0. The average Bonchev–Trinajstić information content (AvgIpc) is 3.15. The molecule has 1 aliphatic rings. The number of halogens is 2. The molecule has 0 aliphatic heterocycles. The number of H-pyrrole nitrogens is 1. The Bertz CT molecular complexity index is 1220. The van der Waals surface area contributed by atoms with E-state index in [9.17, 15) is 14.0 Å². The Balaban J connectivity index is 1.59. The van der Waals surface area contributed by atoms with Crippen molar-refractivity contribution < 1.29 is 18.7 Å². The van der Waals surface area contributed by atoms with Gasteiger partial charge in [-0.2, -0.15) is 5.10 Å². The van der Waals surface area contributed by atoms with Gasteiger partial charge in [-0.3, -0.25) is 9.89 Å². The summed E-state index contributed by atoms with van der Waals surface area (Å²) in [5.41, 5.74) is 4.62. The summed E-state index contributed by atoms with van der Waals surface area (Å²) in [6.45, 7) is 0. The number of allylic oxidation sites excluding steroid dienone is 1. The zero-order chi connectivity index (χ0) is 24.1. The van der Waals surface area contributed by atoms with Gasteiger partial charge in [0.25, 0.3) is 5.91 Å². The number of esters is 1. The number of carbonyl (C=O) groups excluding carboxylic acids is 2. The number of nitrogens with one attached hydrogen (secondary N) is 2. The Morgan fingerprint density at radius 1 is 1.21 bits per heavy atom. The van der Waals surface area contributed by atoms with Gasteiger partial charge < -0.3 is 10.1 Å². The molecule has 0 spiro atoms. The van der Waals surface area contributed by atoms with Gasteiger partial charge in [0.05, 0.1) is 12.8 Å². The number of methoxy groups -OCH3 is 1. The smallest absolute Gasteiger partial charge is 0.328 e. The summed E-state index contributed by atoms with van der Waals surface area (Å²) in [5, 5.41) is 10.7. The summed E-state index contributed by atoms with van der Waals surface area (Å²) in [7, 11) is 1.27. The molecule has 176 valence electrons. The summed E-state index contributed by atoms with van der Waals surface area (Å²) in [6.07, 6.45) is 5.64. The van der Waals surface area contributed by atoms with Crippen LogP contribution in [-0.2, 0) is 22.4 Å². The minimum atomic E-state index is -0.922. The number of carbonyl (C=O) groups is 2. The highest BCUT2D eigenvalue weighted by atomic mass is 35.5. The van der Waals surface area contributed by atoms with Crippen LogP contribution in [0.3, 0.4) is 0 Å². The van der Waals surface area contributed by atoms with Crippen LogP contribution in [0.5, 0.6) is 0 Å². The first-order valence-electron chi connectivity index (χ1n) is 11.1. The van der Waals surface area contributed by atoms with Crippen LogP contribution in [0, 0.1) is 5.82 Å². The van der Waals surface area contributed by atoms with Crippen LogP contribution in [0.1, 0.15) is 52.1 Å². The van der Waals surface area contributed by atoms with Crippen molar-refractivity contribution in [2.75, 3.05) is 7.11 Å². The van der Waals surface area contributed by atoms with Gasteiger partial charge in [0.2, 0.25) is 0 Å². The van der Waals surface area contributed by atoms with E-state index in [2.05, 4.69) is 15.5 Å². The highest BCUT2D eigenvalue weighted by Crippen LogP contribution is 2.32. The van der Waals surface area contributed by atoms with Gasteiger partial charge in [-0.15, -0.1) is 0 Å². The predicted molar refractivity (Wildman–Crippen MR) is 129 cm³/mol. The molecule has 3 aromatic rings. The molecule has 2 aromatic carbocycles. The number of benzene rings is 2. The molecule has 0 radical (unpaired) electrons. The second kappa shape index (κ2) is 10.7. The van der Waals surface area contributed by atoms with E-state index in [1.165, 1.54) is 19.2 Å². The number of amides is 1. The first-order valence-corrected chi connectivity index (χ1v) is 11.5. The Labute approximate surface area is 202 Å². The summed E-state index contributed by atoms with van der Waals surface area (Å²) in [4.78, 5) is 25.5. The Kier molecular flexibility index (Phi) is 7.43. The van der Waals surface area contributed by atoms with Crippen molar-refractivity contribution in [3.05, 3.63) is 87.4 Å². The highest BCUT2D eigenvalue weighted by Gasteiger charge is 2.27. The summed E-state index contributed by atoms with van der Waals surface area (Å²) < 4.78 is 18.1. The lowest BCUT2D eigenvalue weighted by molar-refractivity contribution is -0.142. The van der Waals surface area contributed by atoms with E-state index >= 15 is 0 Å². The Morgan fingerprint density at radius 3 is 2.71 bits per heavy atom. The third-order valence-corrected chi connectivity index (χ3v) is 6.09. The van der Waals surface area contributed by atoms with Crippen molar-refractivity contribution in [2.24, 2.45) is 0 Å². The molecule has 6 nitrogen and oxygen atoms in total. The van der Waals surface area contributed by atoms with Crippen LogP contribution in [0.25, 0.3) is 11.6 Å². The molecule has 34 heavy (non-hydrogen) atoms. The zero-order valence-corrected chi connectivity index (χ0v) is 19.5. The minimum absolute atomic E-state index is 0.176. The molecule has 0 saturated carbocycles. The van der Waals surface area contributed by atoms with Crippen LogP contribution < -0.4 is 5.32 Å². The Morgan fingerprint density at radius 2 is 1.97 bits per heavy atom. The van der Waals surface area contributed by atoms with E-state index in [0.29, 0.717) is 22.7 Å². The lowest BCUT2D eigenvalue weighted by Crippen LogP contribution is -2.43. The molecule has 0 fully saturated rings. The molecule has 4 rings (SSSR count). The molecule has 1 heterocycles. The van der Waals surface area contributed by atoms with Gasteiger partial charge >= 0.3 is 5.97 Å². The van der Waals surface area contributed by atoms with Gasteiger partial charge in [0.15, 0.2) is 0 Å². The minimum Gasteiger partial charge on any atom is -0.467 e. The molecule has 1 atom stereocenters. The Hall–Kier alpha value is -3.45. The fraction of sp³-hybridized carbons (Fsp3) is 0.269. The molecule has 1 aliphatic carbocycles. The topological polar surface area (TPSA) is 84.1 Å². The molecule has 0 bridgehead atoms. The van der Waals surface area contributed by atoms with Gasteiger partial charge in [-0.1, -0.05) is 35.9 Å². The summed E-state index contributed by atoms with van der Waals surface area (Å²) in [6, 6.07) is 12.4. The van der Waals surface area contributed by atoms with Gasteiger partial charge in [0.1, 0.15) is 17.6 Å². The largest absolute Gasteiger partial charge is 0.467 e. The fourth-order valence-corrected chi connectivity index (χ4v) is 4.36. The SMILES string of the molecule is COC(=O)[C@H](Cc1ccc(F)cc1)NC(=O)c1[nH]nc2c1CCCC/C2=C\c1cccc(Cl)c1. The highest BCUT2D eigenvalue weighted by molar-refractivity contribution is 6.30. The normalized spacial score (nSPS) is 15.3. The molecule has 2 N–H and O–H groups in total. The molecule has 0 unspecified atom stereocenters. The molecule has 0 saturated heterocycles. The molecular weight excluding hydrogens is 457 g/mol. The van der Waals surface area contributed by atoms with Crippen LogP contribution >= 0.6 is 11.6 Å². The van der Waals surface area contributed by atoms with E-state index in [4.69, 9.17) is 16.3 Å². The van der Waals surface area contributed by atoms with Crippen molar-refractivity contribution in [3.8, 4) is 0 Å². The second-order valence-corrected chi connectivity index (χ2v) is 8.67. The number of hydrogen-bond donors (Lipinski definition) is 2. The standard InChI is InChI=1S/C26H25ClFN3O3/c1-34-26(33)22(15-16-9-11-20(28)12-10-16)29-25(32)24-21-8-3-2-6-18(23(21)30-31-24)13-17-5-4-7-19(27)14-17/h4-5,7,9-14,22H,2-3,6,8,15H2,1H3,(H,29,32)(H,30,31)/b18-13+/t22-/m0/s1. The van der Waals surface area contributed by atoms with E-state index < -0.39 is 17.9 Å². The summed E-state index contributed by atoms with van der Waals surface area (Å²) in [5.74, 6) is -1.38. The maximum absolute atomic E-state index is 13.2. The number of ether oxygens (including phenoxy) is 1. The number of hydrogen-bond acceptors (Lipinski definition) is 4. The summed E-state index contributed by atoms with van der Waals surface area (Å²) >= 11 is 6.13. The quantitative estimate of drug-likeness (QED) is 0.384. The predicted octanol–water partition coefficient (Wildman–Crippen LogP) is 4.98. The van der Waals surface area contributed by atoms with Gasteiger partial charge in [-0.05, 0) is 72.7 Å². The number of aromatic nitrogens is 2. The fourth-order valence-electron chi connectivity index (χ4n) is 4.16. The second-order valence-electron chi connectivity index (χ2n) is 8.24.